The third-order valence-corrected chi connectivity index (χ3v) is 5.87. The van der Waals surface area contributed by atoms with Crippen LogP contribution in [0.5, 0.6) is 5.88 Å². The average molecular weight is 641 g/mol. The lowest BCUT2D eigenvalue weighted by atomic mass is 10.1. The average Bonchev–Trinajstić information content (AvgIpc) is 3.35. The summed E-state index contributed by atoms with van der Waals surface area (Å²) in [6.07, 6.45) is -12.9. The number of aromatic amines is 1. The molecule has 236 valence electrons. The van der Waals surface area contributed by atoms with E-state index in [4.69, 9.17) is 10.00 Å². The van der Waals surface area contributed by atoms with Crippen LogP contribution in [0.15, 0.2) is 48.5 Å². The predicted molar refractivity (Wildman–Crippen MR) is 142 cm³/mol. The highest BCUT2D eigenvalue weighted by Crippen LogP contribution is 2.37. The van der Waals surface area contributed by atoms with E-state index in [1.165, 1.54) is 0 Å². The van der Waals surface area contributed by atoms with Crippen LogP contribution in [0.25, 0.3) is 11.2 Å². The normalized spacial score (nSPS) is 11.7. The van der Waals surface area contributed by atoms with Crippen molar-refractivity contribution in [2.45, 2.75) is 31.7 Å². The van der Waals surface area contributed by atoms with Crippen molar-refractivity contribution in [1.82, 2.24) is 20.3 Å². The molecule has 0 saturated heterocycles. The number of fused-ring (bicyclic) bond motifs is 1. The maximum atomic E-state index is 13.7. The molecule has 2 heterocycles. The van der Waals surface area contributed by atoms with Crippen LogP contribution in [0.1, 0.15) is 33.5 Å². The number of nitriles is 1. The van der Waals surface area contributed by atoms with Crippen molar-refractivity contribution in [2.24, 2.45) is 0 Å². The predicted octanol–water partition coefficient (Wildman–Crippen LogP) is 6.17. The van der Waals surface area contributed by atoms with Crippen LogP contribution >= 0.6 is 0 Å². The summed E-state index contributed by atoms with van der Waals surface area (Å²) in [4.78, 5) is 35.1. The van der Waals surface area contributed by atoms with Gasteiger partial charge in [0.25, 0.3) is 12.3 Å². The first-order valence-electron chi connectivity index (χ1n) is 12.5. The summed E-state index contributed by atoms with van der Waals surface area (Å²) in [6.45, 7) is -1.39. The zero-order valence-electron chi connectivity index (χ0n) is 22.4. The molecular formula is C27H19F8N7O3. The molecule has 4 rings (SSSR count). The molecule has 45 heavy (non-hydrogen) atoms. The number of amides is 2. The van der Waals surface area contributed by atoms with E-state index in [2.05, 4.69) is 30.9 Å². The summed E-state index contributed by atoms with van der Waals surface area (Å²) in [7, 11) is 0. The Morgan fingerprint density at radius 2 is 1.69 bits per heavy atom. The van der Waals surface area contributed by atoms with Crippen LogP contribution in [-0.4, -0.2) is 39.8 Å². The number of benzene rings is 2. The van der Waals surface area contributed by atoms with Crippen LogP contribution in [0, 0.1) is 11.3 Å². The Hall–Kier alpha value is -5.47. The Kier molecular flexibility index (Phi) is 9.40. The van der Waals surface area contributed by atoms with E-state index < -0.39 is 71.9 Å². The van der Waals surface area contributed by atoms with Gasteiger partial charge in [-0.3, -0.25) is 9.59 Å². The maximum Gasteiger partial charge on any atom is 0.418 e. The molecule has 0 radical (unpaired) electrons. The zero-order chi connectivity index (χ0) is 32.9. The third kappa shape index (κ3) is 8.34. The first kappa shape index (κ1) is 32.4. The second-order valence-corrected chi connectivity index (χ2v) is 9.14. The largest absolute Gasteiger partial charge is 0.471 e. The molecule has 0 atom stereocenters. The van der Waals surface area contributed by atoms with Crippen LogP contribution in [-0.2, 0) is 23.7 Å². The topological polar surface area (TPSA) is 145 Å². The number of ether oxygens (including phenoxy) is 1. The smallest absolute Gasteiger partial charge is 0.418 e. The fourth-order valence-electron chi connectivity index (χ4n) is 3.86. The van der Waals surface area contributed by atoms with Crippen LogP contribution in [0.3, 0.4) is 0 Å². The number of pyridine rings is 1. The van der Waals surface area contributed by atoms with Crippen LogP contribution < -0.4 is 20.7 Å². The monoisotopic (exact) mass is 641 g/mol. The summed E-state index contributed by atoms with van der Waals surface area (Å²) in [5, 5.41) is 15.7. The summed E-state index contributed by atoms with van der Waals surface area (Å²) in [5.41, 5.74) is -3.17. The summed E-state index contributed by atoms with van der Waals surface area (Å²) in [5.74, 6) is -2.59. The van der Waals surface area contributed by atoms with E-state index in [1.54, 1.807) is 6.07 Å². The fraction of sp³-hybridized carbons (Fsp3) is 0.222. The Morgan fingerprint density at radius 3 is 2.31 bits per heavy atom. The minimum atomic E-state index is -4.82. The molecule has 2 aromatic heterocycles. The third-order valence-electron chi connectivity index (χ3n) is 5.87. The highest BCUT2D eigenvalue weighted by molar-refractivity contribution is 6.07. The highest BCUT2D eigenvalue weighted by Gasteiger charge is 2.34. The quantitative estimate of drug-likeness (QED) is 0.152. The van der Waals surface area contributed by atoms with E-state index in [9.17, 15) is 44.7 Å². The van der Waals surface area contributed by atoms with Crippen molar-refractivity contribution in [3.05, 3.63) is 70.8 Å². The molecule has 0 aliphatic heterocycles. The summed E-state index contributed by atoms with van der Waals surface area (Å²) in [6, 6.07) is 9.01. The van der Waals surface area contributed by atoms with Gasteiger partial charge in [0, 0.05) is 12.2 Å². The minimum absolute atomic E-state index is 0.0482. The van der Waals surface area contributed by atoms with E-state index in [1.807, 2.05) is 0 Å². The number of carbonyl (C=O) groups excluding carboxylic acids is 2. The number of H-pyrrole nitrogens is 1. The summed E-state index contributed by atoms with van der Waals surface area (Å²) >= 11 is 0. The van der Waals surface area contributed by atoms with E-state index in [-0.39, 0.29) is 34.9 Å². The lowest BCUT2D eigenvalue weighted by molar-refractivity contribution is -0.138. The fourth-order valence-corrected chi connectivity index (χ4v) is 3.86. The zero-order valence-corrected chi connectivity index (χ0v) is 22.4. The molecule has 0 unspecified atom stereocenters. The number of imidazole rings is 1. The number of halogens is 8. The van der Waals surface area contributed by atoms with Crippen molar-refractivity contribution >= 4 is 40.3 Å². The van der Waals surface area contributed by atoms with Crippen molar-refractivity contribution in [3.63, 3.8) is 0 Å². The number of carbonyl (C=O) groups is 2. The molecule has 0 fully saturated rings. The van der Waals surface area contributed by atoms with E-state index in [0.29, 0.717) is 12.1 Å². The van der Waals surface area contributed by atoms with Crippen molar-refractivity contribution < 1.29 is 49.4 Å². The number of alkyl halides is 8. The molecular weight excluding hydrogens is 622 g/mol. The molecule has 0 aliphatic carbocycles. The Labute approximate surface area is 247 Å². The first-order valence-corrected chi connectivity index (χ1v) is 12.5. The van der Waals surface area contributed by atoms with Gasteiger partial charge in [-0.2, -0.15) is 41.6 Å². The number of nitrogens with zero attached hydrogens (tertiary/aromatic N) is 3. The highest BCUT2D eigenvalue weighted by atomic mass is 19.4. The minimum Gasteiger partial charge on any atom is -0.471 e. The Bertz CT molecular complexity index is 1750. The van der Waals surface area contributed by atoms with Gasteiger partial charge < -0.3 is 25.7 Å². The second-order valence-electron chi connectivity index (χ2n) is 9.14. The number of rotatable bonds is 10. The molecule has 2 amide bonds. The summed E-state index contributed by atoms with van der Waals surface area (Å²) < 4.78 is 111. The molecule has 10 nitrogen and oxygen atoms in total. The maximum absolute atomic E-state index is 13.7. The van der Waals surface area contributed by atoms with Crippen LogP contribution in [0.2, 0.25) is 0 Å². The van der Waals surface area contributed by atoms with Gasteiger partial charge in [0.05, 0.1) is 28.4 Å². The van der Waals surface area contributed by atoms with Gasteiger partial charge >= 0.3 is 12.4 Å². The molecule has 0 bridgehead atoms. The molecule has 0 spiro atoms. The molecule has 4 N–H and O–H groups in total. The van der Waals surface area contributed by atoms with Crippen LogP contribution in [0.4, 0.5) is 52.4 Å². The molecule has 0 aliphatic rings. The van der Waals surface area contributed by atoms with Gasteiger partial charge in [0.1, 0.15) is 12.0 Å². The Morgan fingerprint density at radius 1 is 0.978 bits per heavy atom. The number of hydrogen-bond donors (Lipinski definition) is 4. The molecule has 18 heteroatoms. The van der Waals surface area contributed by atoms with E-state index >= 15 is 0 Å². The van der Waals surface area contributed by atoms with Crippen molar-refractivity contribution in [3.8, 4) is 11.9 Å². The van der Waals surface area contributed by atoms with Crippen molar-refractivity contribution in [2.75, 3.05) is 17.2 Å². The van der Waals surface area contributed by atoms with Gasteiger partial charge in [-0.15, -0.1) is 0 Å². The lowest BCUT2D eigenvalue weighted by Crippen LogP contribution is -2.22. The molecule has 4 aromatic rings. The van der Waals surface area contributed by atoms with Gasteiger partial charge in [-0.1, -0.05) is 6.07 Å². The van der Waals surface area contributed by atoms with Gasteiger partial charge in [-0.05, 0) is 48.0 Å². The number of nitrogens with one attached hydrogen (secondary N) is 4. The lowest BCUT2D eigenvalue weighted by Gasteiger charge is -2.15. The number of hydrogen-bond acceptors (Lipinski definition) is 7. The standard InChI is InChI=1S/C27H19F8N7O3/c28-20(29)12-45-24-16(23(44)38-15-4-2-14(3-5-15)26(30,31)32)10-19-22(41-24)42-25(40-19)39-18-9-13(11-37-21(43)7-8-36)1-6-17(18)27(33,34)35/h1-6,9-10,20H,7,11-12H2,(H,37,43)(H,38,44)(H2,39,40,41,42). The SMILES string of the molecule is N#CCC(=O)NCc1ccc(C(F)(F)F)c(Nc2nc3nc(OCC(F)F)c(C(=O)Nc4ccc(C(F)(F)F)cc4)cc3[nH]2)c1. The molecule has 2 aromatic carbocycles. The first-order chi connectivity index (χ1) is 21.1. The Balaban J connectivity index is 1.65. The van der Waals surface area contributed by atoms with Gasteiger partial charge in [0.15, 0.2) is 12.3 Å². The molecule has 0 saturated carbocycles. The van der Waals surface area contributed by atoms with Gasteiger partial charge in [-0.25, -0.2) is 8.78 Å². The second kappa shape index (κ2) is 13.0. The van der Waals surface area contributed by atoms with E-state index in [0.717, 1.165) is 36.4 Å². The number of aromatic nitrogens is 3. The van der Waals surface area contributed by atoms with Gasteiger partial charge in [0.2, 0.25) is 17.7 Å². The van der Waals surface area contributed by atoms with Crippen molar-refractivity contribution in [1.29, 1.82) is 5.26 Å². The number of anilines is 3.